The Bertz CT molecular complexity index is 704. The van der Waals surface area contributed by atoms with Crippen LogP contribution in [0.1, 0.15) is 55.0 Å². The van der Waals surface area contributed by atoms with Crippen molar-refractivity contribution < 1.29 is 4.79 Å². The zero-order valence-electron chi connectivity index (χ0n) is 11.3. The molecule has 0 atom stereocenters. The molecule has 4 heteroatoms. The number of benzene rings is 1. The maximum Gasteiger partial charge on any atom is 0.235 e. The molecule has 0 N–H and O–H groups in total. The van der Waals surface area contributed by atoms with Gasteiger partial charge in [0.25, 0.3) is 0 Å². The molecule has 1 aromatic carbocycles. The Labute approximate surface area is 121 Å². The Hall–Kier alpha value is -1.51. The number of rotatable bonds is 3. The lowest BCUT2D eigenvalue weighted by molar-refractivity contribution is 0.456. The van der Waals surface area contributed by atoms with Gasteiger partial charge in [-0.05, 0) is 43.4 Å². The lowest BCUT2D eigenvalue weighted by atomic mass is 9.89. The Kier molecular flexibility index (Phi) is 2.76. The van der Waals surface area contributed by atoms with E-state index in [9.17, 15) is 4.79 Å². The Morgan fingerprint density at radius 3 is 2.80 bits per heavy atom. The molecule has 4 rings (SSSR count). The predicted molar refractivity (Wildman–Crippen MR) is 79.9 cm³/mol. The van der Waals surface area contributed by atoms with Crippen LogP contribution < -0.4 is 0 Å². The van der Waals surface area contributed by atoms with Gasteiger partial charge < -0.3 is 0 Å². The smallest absolute Gasteiger partial charge is 0.235 e. The largest absolute Gasteiger partial charge is 0.241 e. The summed E-state index contributed by atoms with van der Waals surface area (Å²) in [7, 11) is 0. The number of carbonyl (C=O) groups excluding carboxylic acids is 1. The summed E-state index contributed by atoms with van der Waals surface area (Å²) in [6, 6.07) is 6.39. The van der Waals surface area contributed by atoms with Crippen molar-refractivity contribution >= 4 is 27.6 Å². The summed E-state index contributed by atoms with van der Waals surface area (Å²) in [5.41, 5.74) is 1.93. The molecular weight excluding hydrogens is 268 g/mol. The van der Waals surface area contributed by atoms with Crippen LogP contribution in [0.5, 0.6) is 0 Å². The number of nitrogens with zero attached hydrogens (tertiary/aromatic N) is 2. The highest BCUT2D eigenvalue weighted by Crippen LogP contribution is 2.46. The van der Waals surface area contributed by atoms with Crippen LogP contribution in [0.2, 0.25) is 0 Å². The van der Waals surface area contributed by atoms with Crippen LogP contribution in [-0.4, -0.2) is 11.1 Å². The molecule has 1 aromatic heterocycles. The summed E-state index contributed by atoms with van der Waals surface area (Å²) in [4.78, 5) is 19.7. The van der Waals surface area contributed by atoms with E-state index in [0.717, 1.165) is 36.8 Å². The van der Waals surface area contributed by atoms with Crippen LogP contribution in [-0.2, 0) is 10.3 Å². The third kappa shape index (κ3) is 1.91. The molecule has 2 aromatic rings. The molecule has 0 radical (unpaired) electrons. The van der Waals surface area contributed by atoms with Crippen molar-refractivity contribution in [1.29, 1.82) is 0 Å². The molecule has 0 amide bonds. The topological polar surface area (TPSA) is 42.3 Å². The van der Waals surface area contributed by atoms with Crippen LogP contribution in [0.25, 0.3) is 10.2 Å². The van der Waals surface area contributed by atoms with Crippen molar-refractivity contribution in [3.05, 3.63) is 28.8 Å². The maximum absolute atomic E-state index is 10.8. The van der Waals surface area contributed by atoms with Gasteiger partial charge in [-0.25, -0.2) is 9.78 Å². The number of thiazole rings is 1. The number of hydrogen-bond donors (Lipinski definition) is 0. The summed E-state index contributed by atoms with van der Waals surface area (Å²) >= 11 is 1.81. The number of fused-ring (bicyclic) bond motifs is 1. The van der Waals surface area contributed by atoms with Crippen LogP contribution in [0, 0.1) is 0 Å². The SMILES string of the molecule is O=C=NC1(c2ccc3nc(C4CC4)sc3c2)CCCC1. The van der Waals surface area contributed by atoms with Gasteiger partial charge in [0.1, 0.15) is 0 Å². The van der Waals surface area contributed by atoms with E-state index in [4.69, 9.17) is 4.98 Å². The molecule has 2 aliphatic rings. The zero-order chi connectivity index (χ0) is 13.6. The molecule has 2 aliphatic carbocycles. The first-order chi connectivity index (χ1) is 9.81. The van der Waals surface area contributed by atoms with Crippen molar-refractivity contribution in [2.24, 2.45) is 4.99 Å². The van der Waals surface area contributed by atoms with Gasteiger partial charge >= 0.3 is 0 Å². The lowest BCUT2D eigenvalue weighted by Crippen LogP contribution is -2.18. The van der Waals surface area contributed by atoms with E-state index in [-0.39, 0.29) is 5.54 Å². The molecule has 102 valence electrons. The summed E-state index contributed by atoms with van der Waals surface area (Å²) in [5.74, 6) is 0.698. The molecule has 0 bridgehead atoms. The van der Waals surface area contributed by atoms with Gasteiger partial charge in [-0.3, -0.25) is 0 Å². The standard InChI is InChI=1S/C16H16N2OS/c19-10-17-16(7-1-2-8-16)12-5-6-13-14(9-12)20-15(18-13)11-3-4-11/h5-6,9,11H,1-4,7-8H2. The highest BCUT2D eigenvalue weighted by Gasteiger charge is 2.36. The van der Waals surface area contributed by atoms with Crippen molar-refractivity contribution in [2.75, 3.05) is 0 Å². The molecule has 2 fully saturated rings. The van der Waals surface area contributed by atoms with Crippen molar-refractivity contribution in [3.8, 4) is 0 Å². The van der Waals surface area contributed by atoms with Gasteiger partial charge in [-0.1, -0.05) is 18.9 Å². The van der Waals surface area contributed by atoms with Crippen LogP contribution in [0.4, 0.5) is 0 Å². The lowest BCUT2D eigenvalue weighted by Gasteiger charge is -2.22. The maximum atomic E-state index is 10.8. The molecule has 1 heterocycles. The average molecular weight is 284 g/mol. The summed E-state index contributed by atoms with van der Waals surface area (Å²) in [6.45, 7) is 0. The first-order valence-electron chi connectivity index (χ1n) is 7.31. The third-order valence-corrected chi connectivity index (χ3v) is 5.74. The fourth-order valence-corrected chi connectivity index (χ4v) is 4.42. The normalized spacial score (nSPS) is 21.0. The Balaban J connectivity index is 1.80. The summed E-state index contributed by atoms with van der Waals surface area (Å²) in [5, 5.41) is 1.27. The van der Waals surface area contributed by atoms with Gasteiger partial charge in [-0.2, -0.15) is 4.99 Å². The summed E-state index contributed by atoms with van der Waals surface area (Å²) in [6.07, 6.45) is 8.56. The second kappa shape index (κ2) is 4.51. The van der Waals surface area contributed by atoms with Crippen LogP contribution in [0.15, 0.2) is 23.2 Å². The molecule has 0 saturated heterocycles. The van der Waals surface area contributed by atoms with Gasteiger partial charge in [0.05, 0.1) is 20.8 Å². The molecule has 2 saturated carbocycles. The number of aliphatic imine (C=N–C) groups is 1. The summed E-state index contributed by atoms with van der Waals surface area (Å²) < 4.78 is 1.23. The second-order valence-electron chi connectivity index (χ2n) is 5.95. The fraction of sp³-hybridized carbons (Fsp3) is 0.500. The highest BCUT2D eigenvalue weighted by molar-refractivity contribution is 7.18. The molecule has 0 unspecified atom stereocenters. The van der Waals surface area contributed by atoms with E-state index < -0.39 is 0 Å². The molecular formula is C16H16N2OS. The van der Waals surface area contributed by atoms with E-state index in [1.54, 1.807) is 17.4 Å². The Morgan fingerprint density at radius 2 is 2.10 bits per heavy atom. The first kappa shape index (κ1) is 12.2. The average Bonchev–Trinajstić information content (AvgIpc) is 3.05. The van der Waals surface area contributed by atoms with Crippen molar-refractivity contribution in [1.82, 2.24) is 4.98 Å². The fourth-order valence-electron chi connectivity index (χ4n) is 3.25. The predicted octanol–water partition coefficient (Wildman–Crippen LogP) is 4.28. The highest BCUT2D eigenvalue weighted by atomic mass is 32.1. The quantitative estimate of drug-likeness (QED) is 0.623. The van der Waals surface area contributed by atoms with Gasteiger partial charge in [0.15, 0.2) is 0 Å². The molecule has 0 spiro atoms. The number of hydrogen-bond acceptors (Lipinski definition) is 4. The Morgan fingerprint density at radius 1 is 1.30 bits per heavy atom. The minimum atomic E-state index is -0.320. The number of isocyanates is 1. The van der Waals surface area contributed by atoms with E-state index in [1.807, 2.05) is 0 Å². The minimum Gasteiger partial charge on any atom is -0.241 e. The third-order valence-electron chi connectivity index (χ3n) is 4.56. The van der Waals surface area contributed by atoms with Crippen LogP contribution in [0.3, 0.4) is 0 Å². The van der Waals surface area contributed by atoms with E-state index >= 15 is 0 Å². The van der Waals surface area contributed by atoms with E-state index in [1.165, 1.54) is 22.5 Å². The van der Waals surface area contributed by atoms with Gasteiger partial charge in [0.2, 0.25) is 6.08 Å². The first-order valence-corrected chi connectivity index (χ1v) is 8.12. The van der Waals surface area contributed by atoms with Gasteiger partial charge in [-0.15, -0.1) is 11.3 Å². The van der Waals surface area contributed by atoms with Crippen LogP contribution >= 0.6 is 11.3 Å². The molecule has 0 aliphatic heterocycles. The zero-order valence-corrected chi connectivity index (χ0v) is 12.1. The van der Waals surface area contributed by atoms with E-state index in [0.29, 0.717) is 5.92 Å². The van der Waals surface area contributed by atoms with Gasteiger partial charge in [0, 0.05) is 5.92 Å². The minimum absolute atomic E-state index is 0.320. The number of aromatic nitrogens is 1. The monoisotopic (exact) mass is 284 g/mol. The van der Waals surface area contributed by atoms with Crippen molar-refractivity contribution in [2.45, 2.75) is 50.0 Å². The molecule has 20 heavy (non-hydrogen) atoms. The van der Waals surface area contributed by atoms with Crippen molar-refractivity contribution in [3.63, 3.8) is 0 Å². The second-order valence-corrected chi connectivity index (χ2v) is 7.01. The van der Waals surface area contributed by atoms with E-state index in [2.05, 4.69) is 23.2 Å². The molecule has 3 nitrogen and oxygen atoms in total.